The van der Waals surface area contributed by atoms with Gasteiger partial charge in [0.15, 0.2) is 0 Å². The zero-order valence-electron chi connectivity index (χ0n) is 8.59. The first-order valence-electron chi connectivity index (χ1n) is 5.29. The van der Waals surface area contributed by atoms with Crippen molar-refractivity contribution in [2.24, 2.45) is 0 Å². The average molecular weight is 221 g/mol. The molecule has 0 spiro atoms. The molecule has 2 aromatic rings. The Morgan fingerprint density at radius 1 is 1.47 bits per heavy atom. The van der Waals surface area contributed by atoms with E-state index in [2.05, 4.69) is 4.98 Å². The SMILES string of the molecule is Cc1c(F)cc2scnc2c1C1CCC1. The summed E-state index contributed by atoms with van der Waals surface area (Å²) in [6.07, 6.45) is 3.65. The van der Waals surface area contributed by atoms with Crippen LogP contribution in [0.15, 0.2) is 11.6 Å². The Kier molecular flexibility index (Phi) is 2.02. The Bertz CT molecular complexity index is 514. The highest BCUT2D eigenvalue weighted by molar-refractivity contribution is 7.16. The number of nitrogens with zero attached hydrogens (tertiary/aromatic N) is 1. The number of aromatic nitrogens is 1. The fourth-order valence-electron chi connectivity index (χ4n) is 2.29. The van der Waals surface area contributed by atoms with Crippen molar-refractivity contribution in [2.45, 2.75) is 32.1 Å². The Hall–Kier alpha value is -0.960. The summed E-state index contributed by atoms with van der Waals surface area (Å²) in [6, 6.07) is 1.62. The predicted molar refractivity (Wildman–Crippen MR) is 60.9 cm³/mol. The fourth-order valence-corrected chi connectivity index (χ4v) is 3.00. The van der Waals surface area contributed by atoms with Crippen LogP contribution in [0.3, 0.4) is 0 Å². The lowest BCUT2D eigenvalue weighted by atomic mass is 9.78. The first-order chi connectivity index (χ1) is 7.27. The molecule has 1 fully saturated rings. The van der Waals surface area contributed by atoms with Gasteiger partial charge in [-0.1, -0.05) is 6.42 Å². The van der Waals surface area contributed by atoms with Crippen LogP contribution in [0.2, 0.25) is 0 Å². The predicted octanol–water partition coefficient (Wildman–Crippen LogP) is 4.01. The lowest BCUT2D eigenvalue weighted by molar-refractivity contribution is 0.418. The van der Waals surface area contributed by atoms with Crippen LogP contribution in [-0.2, 0) is 0 Å². The van der Waals surface area contributed by atoms with Gasteiger partial charge in [0.05, 0.1) is 15.7 Å². The quantitative estimate of drug-likeness (QED) is 0.709. The second kappa shape index (κ2) is 3.27. The Morgan fingerprint density at radius 3 is 2.93 bits per heavy atom. The molecule has 3 heteroatoms. The van der Waals surface area contributed by atoms with Gasteiger partial charge in [0.1, 0.15) is 5.82 Å². The van der Waals surface area contributed by atoms with Crippen molar-refractivity contribution in [3.8, 4) is 0 Å². The second-order valence-electron chi connectivity index (χ2n) is 4.22. The molecule has 0 saturated heterocycles. The third-order valence-electron chi connectivity index (χ3n) is 3.38. The van der Waals surface area contributed by atoms with Gasteiger partial charge in [-0.2, -0.15) is 0 Å². The van der Waals surface area contributed by atoms with Gasteiger partial charge in [-0.15, -0.1) is 11.3 Å². The molecule has 1 aromatic heterocycles. The maximum atomic E-state index is 13.7. The molecule has 78 valence electrons. The molecule has 0 aliphatic heterocycles. The monoisotopic (exact) mass is 221 g/mol. The van der Waals surface area contributed by atoms with Crippen LogP contribution in [0.5, 0.6) is 0 Å². The van der Waals surface area contributed by atoms with Crippen molar-refractivity contribution >= 4 is 21.6 Å². The number of hydrogen-bond acceptors (Lipinski definition) is 2. The molecular weight excluding hydrogens is 209 g/mol. The highest BCUT2D eigenvalue weighted by Gasteiger charge is 2.25. The van der Waals surface area contributed by atoms with Gasteiger partial charge in [-0.25, -0.2) is 9.37 Å². The minimum absolute atomic E-state index is 0.0753. The van der Waals surface area contributed by atoms with Crippen LogP contribution in [0.4, 0.5) is 4.39 Å². The van der Waals surface area contributed by atoms with Crippen molar-refractivity contribution in [2.75, 3.05) is 0 Å². The number of fused-ring (bicyclic) bond motifs is 1. The summed E-state index contributed by atoms with van der Waals surface area (Å²) in [5, 5.41) is 0. The highest BCUT2D eigenvalue weighted by Crippen LogP contribution is 2.42. The van der Waals surface area contributed by atoms with Gasteiger partial charge in [0.2, 0.25) is 0 Å². The lowest BCUT2D eigenvalue weighted by Crippen LogP contribution is -2.11. The summed E-state index contributed by atoms with van der Waals surface area (Å²) >= 11 is 1.53. The summed E-state index contributed by atoms with van der Waals surface area (Å²) in [5.74, 6) is 0.471. The molecule has 1 aromatic carbocycles. The molecule has 0 unspecified atom stereocenters. The number of thiazole rings is 1. The summed E-state index contributed by atoms with van der Waals surface area (Å²) < 4.78 is 14.7. The summed E-state index contributed by atoms with van der Waals surface area (Å²) in [6.45, 7) is 1.88. The van der Waals surface area contributed by atoms with Crippen LogP contribution in [-0.4, -0.2) is 4.98 Å². The number of hydrogen-bond donors (Lipinski definition) is 0. The summed E-state index contributed by atoms with van der Waals surface area (Å²) in [7, 11) is 0. The van der Waals surface area contributed by atoms with Crippen molar-refractivity contribution in [1.82, 2.24) is 4.98 Å². The molecule has 0 atom stereocenters. The lowest BCUT2D eigenvalue weighted by Gasteiger charge is -2.27. The van der Waals surface area contributed by atoms with Crippen LogP contribution in [0.25, 0.3) is 10.2 Å². The number of rotatable bonds is 1. The normalized spacial score (nSPS) is 16.9. The van der Waals surface area contributed by atoms with E-state index in [1.165, 1.54) is 30.6 Å². The van der Waals surface area contributed by atoms with E-state index in [-0.39, 0.29) is 5.82 Å². The van der Waals surface area contributed by atoms with Crippen LogP contribution in [0, 0.1) is 12.7 Å². The van der Waals surface area contributed by atoms with Crippen LogP contribution >= 0.6 is 11.3 Å². The van der Waals surface area contributed by atoms with E-state index in [4.69, 9.17) is 0 Å². The van der Waals surface area contributed by atoms with E-state index in [0.29, 0.717) is 5.92 Å². The first-order valence-corrected chi connectivity index (χ1v) is 6.17. The van der Waals surface area contributed by atoms with E-state index in [1.54, 1.807) is 6.07 Å². The minimum atomic E-state index is -0.0753. The minimum Gasteiger partial charge on any atom is -0.244 e. The van der Waals surface area contributed by atoms with Crippen molar-refractivity contribution in [3.05, 3.63) is 28.5 Å². The standard InChI is InChI=1S/C12H12FNS/c1-7-9(13)5-10-12(14-6-15-10)11(7)8-3-2-4-8/h5-6,8H,2-4H2,1H3. The van der Waals surface area contributed by atoms with Gasteiger partial charge in [-0.05, 0) is 42.9 Å². The Labute approximate surface area is 92.0 Å². The first kappa shape index (κ1) is 9.28. The Balaban J connectivity index is 2.30. The van der Waals surface area contributed by atoms with E-state index < -0.39 is 0 Å². The number of benzene rings is 1. The third kappa shape index (κ3) is 1.29. The van der Waals surface area contributed by atoms with E-state index in [0.717, 1.165) is 21.3 Å². The molecule has 1 nitrogen and oxygen atoms in total. The van der Waals surface area contributed by atoms with Gasteiger partial charge < -0.3 is 0 Å². The topological polar surface area (TPSA) is 12.9 Å². The summed E-state index contributed by atoms with van der Waals surface area (Å²) in [4.78, 5) is 4.38. The highest BCUT2D eigenvalue weighted by atomic mass is 32.1. The third-order valence-corrected chi connectivity index (χ3v) is 4.16. The Morgan fingerprint density at radius 2 is 2.27 bits per heavy atom. The zero-order valence-corrected chi connectivity index (χ0v) is 9.40. The molecule has 1 aliphatic carbocycles. The molecule has 1 heterocycles. The largest absolute Gasteiger partial charge is 0.244 e. The number of halogens is 1. The molecule has 0 radical (unpaired) electrons. The second-order valence-corrected chi connectivity index (χ2v) is 5.11. The van der Waals surface area contributed by atoms with E-state index in [9.17, 15) is 4.39 Å². The van der Waals surface area contributed by atoms with Crippen molar-refractivity contribution in [3.63, 3.8) is 0 Å². The van der Waals surface area contributed by atoms with Gasteiger partial charge in [0.25, 0.3) is 0 Å². The van der Waals surface area contributed by atoms with Crippen LogP contribution < -0.4 is 0 Å². The molecule has 0 amide bonds. The van der Waals surface area contributed by atoms with Gasteiger partial charge in [-0.3, -0.25) is 0 Å². The molecule has 0 N–H and O–H groups in total. The molecule has 0 bridgehead atoms. The average Bonchev–Trinajstić information content (AvgIpc) is 2.56. The molecule has 1 aliphatic rings. The molecule has 1 saturated carbocycles. The van der Waals surface area contributed by atoms with Gasteiger partial charge >= 0.3 is 0 Å². The molecular formula is C12H12FNS. The van der Waals surface area contributed by atoms with Crippen molar-refractivity contribution in [1.29, 1.82) is 0 Å². The molecule has 3 rings (SSSR count). The maximum Gasteiger partial charge on any atom is 0.127 e. The smallest absolute Gasteiger partial charge is 0.127 e. The van der Waals surface area contributed by atoms with E-state index in [1.807, 2.05) is 12.4 Å². The molecule has 15 heavy (non-hydrogen) atoms. The van der Waals surface area contributed by atoms with Crippen molar-refractivity contribution < 1.29 is 4.39 Å². The summed E-state index contributed by atoms with van der Waals surface area (Å²) in [5.41, 5.74) is 4.81. The fraction of sp³-hybridized carbons (Fsp3) is 0.417. The van der Waals surface area contributed by atoms with Crippen LogP contribution in [0.1, 0.15) is 36.3 Å². The zero-order chi connectivity index (χ0) is 10.4. The van der Waals surface area contributed by atoms with Gasteiger partial charge in [0, 0.05) is 0 Å². The maximum absolute atomic E-state index is 13.7. The van der Waals surface area contributed by atoms with E-state index >= 15 is 0 Å².